The molecule has 1 unspecified atom stereocenters. The fourth-order valence-electron chi connectivity index (χ4n) is 2.09. The van der Waals surface area contributed by atoms with E-state index in [9.17, 15) is 5.11 Å². The minimum Gasteiger partial charge on any atom is -0.394 e. The summed E-state index contributed by atoms with van der Waals surface area (Å²) in [5, 5.41) is 15.0. The number of hydrogen-bond donors (Lipinski definition) is 2. The van der Waals surface area contributed by atoms with Crippen molar-refractivity contribution < 1.29 is 5.11 Å². The third-order valence-electron chi connectivity index (χ3n) is 2.94. The lowest BCUT2D eigenvalue weighted by Gasteiger charge is -2.28. The Balaban J connectivity index is 2.12. The standard InChI is InChI=1S/C11H17BrN2OS/c12-9-2-7-16-11(9)10(8-15)14-5-1-3-13-4-6-14/h2,7,10,13,15H,1,3-6,8H2. The predicted octanol–water partition coefficient (Wildman–Crippen LogP) is 1.84. The summed E-state index contributed by atoms with van der Waals surface area (Å²) >= 11 is 5.26. The van der Waals surface area contributed by atoms with Crippen molar-refractivity contribution >= 4 is 27.3 Å². The van der Waals surface area contributed by atoms with Crippen molar-refractivity contribution in [3.8, 4) is 0 Å². The van der Waals surface area contributed by atoms with Crippen LogP contribution in [0.15, 0.2) is 15.9 Å². The van der Waals surface area contributed by atoms with E-state index in [0.29, 0.717) is 0 Å². The van der Waals surface area contributed by atoms with Crippen molar-refractivity contribution in [1.29, 1.82) is 0 Å². The summed E-state index contributed by atoms with van der Waals surface area (Å²) < 4.78 is 1.12. The molecule has 1 aliphatic rings. The number of aliphatic hydroxyl groups is 1. The van der Waals surface area contributed by atoms with Crippen LogP contribution >= 0.6 is 27.3 Å². The Morgan fingerprint density at radius 1 is 1.50 bits per heavy atom. The SMILES string of the molecule is OCC(c1sccc1Br)N1CCCNCC1. The summed E-state index contributed by atoms with van der Waals surface area (Å²) in [7, 11) is 0. The summed E-state index contributed by atoms with van der Waals surface area (Å²) in [6, 6.07) is 2.20. The third-order valence-corrected chi connectivity index (χ3v) is 4.91. The van der Waals surface area contributed by atoms with E-state index in [0.717, 1.165) is 37.1 Å². The van der Waals surface area contributed by atoms with Gasteiger partial charge in [-0.2, -0.15) is 0 Å². The van der Waals surface area contributed by atoms with Gasteiger partial charge in [-0.1, -0.05) is 0 Å². The first-order chi connectivity index (χ1) is 7.83. The van der Waals surface area contributed by atoms with E-state index in [2.05, 4.69) is 37.6 Å². The zero-order valence-electron chi connectivity index (χ0n) is 9.16. The van der Waals surface area contributed by atoms with Gasteiger partial charge in [0.25, 0.3) is 0 Å². The molecule has 0 amide bonds. The quantitative estimate of drug-likeness (QED) is 0.894. The summed E-state index contributed by atoms with van der Waals surface area (Å²) in [6.07, 6.45) is 1.15. The molecular formula is C11H17BrN2OS. The van der Waals surface area contributed by atoms with Gasteiger partial charge in [-0.15, -0.1) is 11.3 Å². The van der Waals surface area contributed by atoms with Gasteiger partial charge in [0.05, 0.1) is 12.6 Å². The molecule has 1 aliphatic heterocycles. The monoisotopic (exact) mass is 304 g/mol. The van der Waals surface area contributed by atoms with Crippen LogP contribution in [0.1, 0.15) is 17.3 Å². The molecule has 90 valence electrons. The molecule has 3 nitrogen and oxygen atoms in total. The minimum absolute atomic E-state index is 0.147. The lowest BCUT2D eigenvalue weighted by Crippen LogP contribution is -2.33. The van der Waals surface area contributed by atoms with Crippen LogP contribution in [0, 0.1) is 0 Å². The van der Waals surface area contributed by atoms with E-state index in [4.69, 9.17) is 0 Å². The Morgan fingerprint density at radius 3 is 3.06 bits per heavy atom. The molecule has 2 rings (SSSR count). The number of aliphatic hydroxyl groups excluding tert-OH is 1. The molecule has 16 heavy (non-hydrogen) atoms. The van der Waals surface area contributed by atoms with E-state index >= 15 is 0 Å². The first-order valence-electron chi connectivity index (χ1n) is 5.61. The zero-order valence-corrected chi connectivity index (χ0v) is 11.6. The number of rotatable bonds is 3. The van der Waals surface area contributed by atoms with Crippen LogP contribution in [0.2, 0.25) is 0 Å². The van der Waals surface area contributed by atoms with Crippen molar-refractivity contribution in [2.45, 2.75) is 12.5 Å². The molecule has 0 saturated carbocycles. The number of hydrogen-bond acceptors (Lipinski definition) is 4. The van der Waals surface area contributed by atoms with Gasteiger partial charge in [0, 0.05) is 29.0 Å². The molecule has 5 heteroatoms. The van der Waals surface area contributed by atoms with Gasteiger partial charge in [-0.05, 0) is 40.3 Å². The molecule has 0 aliphatic carbocycles. The van der Waals surface area contributed by atoms with Gasteiger partial charge in [0.1, 0.15) is 0 Å². The summed E-state index contributed by atoms with van der Waals surface area (Å²) in [5.74, 6) is 0. The highest BCUT2D eigenvalue weighted by Gasteiger charge is 2.23. The highest BCUT2D eigenvalue weighted by molar-refractivity contribution is 9.10. The average molecular weight is 305 g/mol. The normalized spacial score (nSPS) is 20.6. The van der Waals surface area contributed by atoms with E-state index < -0.39 is 0 Å². The number of thiophene rings is 1. The van der Waals surface area contributed by atoms with Gasteiger partial charge in [-0.3, -0.25) is 4.90 Å². The maximum absolute atomic E-state index is 9.59. The van der Waals surface area contributed by atoms with Crippen molar-refractivity contribution in [2.75, 3.05) is 32.8 Å². The summed E-state index contributed by atoms with van der Waals surface area (Å²) in [6.45, 7) is 4.36. The molecule has 1 fully saturated rings. The van der Waals surface area contributed by atoms with Gasteiger partial charge < -0.3 is 10.4 Å². The third kappa shape index (κ3) is 2.84. The molecule has 1 aromatic rings. The molecule has 0 aromatic carbocycles. The van der Waals surface area contributed by atoms with Crippen LogP contribution in [-0.2, 0) is 0 Å². The van der Waals surface area contributed by atoms with Crippen LogP contribution in [-0.4, -0.2) is 42.8 Å². The fourth-order valence-corrected chi connectivity index (χ4v) is 3.85. The molecule has 0 bridgehead atoms. The van der Waals surface area contributed by atoms with E-state index in [1.165, 1.54) is 4.88 Å². The average Bonchev–Trinajstić information content (AvgIpc) is 2.57. The second kappa shape index (κ2) is 6.12. The van der Waals surface area contributed by atoms with Crippen LogP contribution in [0.4, 0.5) is 0 Å². The predicted molar refractivity (Wildman–Crippen MR) is 70.9 cm³/mol. The van der Waals surface area contributed by atoms with Gasteiger partial charge in [0.2, 0.25) is 0 Å². The topological polar surface area (TPSA) is 35.5 Å². The van der Waals surface area contributed by atoms with E-state index in [-0.39, 0.29) is 12.6 Å². The van der Waals surface area contributed by atoms with Gasteiger partial charge in [-0.25, -0.2) is 0 Å². The Hall–Kier alpha value is 0.0600. The summed E-state index contributed by atoms with van der Waals surface area (Å²) in [4.78, 5) is 3.61. The molecule has 2 N–H and O–H groups in total. The first kappa shape index (κ1) is 12.5. The molecule has 2 heterocycles. The smallest absolute Gasteiger partial charge is 0.0686 e. The number of nitrogens with zero attached hydrogens (tertiary/aromatic N) is 1. The highest BCUT2D eigenvalue weighted by atomic mass is 79.9. The van der Waals surface area contributed by atoms with Gasteiger partial charge >= 0.3 is 0 Å². The Bertz CT molecular complexity index is 324. The van der Waals surface area contributed by atoms with E-state index in [1.807, 2.05) is 0 Å². The van der Waals surface area contributed by atoms with Crippen LogP contribution in [0.5, 0.6) is 0 Å². The minimum atomic E-state index is 0.147. The molecule has 0 spiro atoms. The maximum Gasteiger partial charge on any atom is 0.0686 e. The fraction of sp³-hybridized carbons (Fsp3) is 0.636. The van der Waals surface area contributed by atoms with Crippen LogP contribution < -0.4 is 5.32 Å². The molecule has 1 atom stereocenters. The lowest BCUT2D eigenvalue weighted by molar-refractivity contribution is 0.132. The number of nitrogens with one attached hydrogen (secondary N) is 1. The maximum atomic E-state index is 9.59. The molecule has 1 saturated heterocycles. The highest BCUT2D eigenvalue weighted by Crippen LogP contribution is 2.32. The molecule has 1 aromatic heterocycles. The van der Waals surface area contributed by atoms with Crippen molar-refractivity contribution in [2.24, 2.45) is 0 Å². The molecular weight excluding hydrogens is 288 g/mol. The Labute approximate surface area is 109 Å². The molecule has 0 radical (unpaired) electrons. The van der Waals surface area contributed by atoms with Crippen molar-refractivity contribution in [1.82, 2.24) is 10.2 Å². The first-order valence-corrected chi connectivity index (χ1v) is 7.28. The zero-order chi connectivity index (χ0) is 11.4. The Morgan fingerprint density at radius 2 is 2.38 bits per heavy atom. The van der Waals surface area contributed by atoms with Crippen molar-refractivity contribution in [3.63, 3.8) is 0 Å². The van der Waals surface area contributed by atoms with Gasteiger partial charge in [0.15, 0.2) is 0 Å². The second-order valence-electron chi connectivity index (χ2n) is 3.97. The number of halogens is 1. The largest absolute Gasteiger partial charge is 0.394 e. The second-order valence-corrected chi connectivity index (χ2v) is 5.77. The van der Waals surface area contributed by atoms with Crippen LogP contribution in [0.25, 0.3) is 0 Å². The van der Waals surface area contributed by atoms with Crippen LogP contribution in [0.3, 0.4) is 0 Å². The van der Waals surface area contributed by atoms with Crippen molar-refractivity contribution in [3.05, 3.63) is 20.8 Å². The summed E-state index contributed by atoms with van der Waals surface area (Å²) in [5.41, 5.74) is 0. The van der Waals surface area contributed by atoms with E-state index in [1.54, 1.807) is 11.3 Å². The lowest BCUT2D eigenvalue weighted by atomic mass is 10.2. The Kier molecular flexibility index (Phi) is 4.79.